The van der Waals surface area contributed by atoms with Crippen LogP contribution in [0.15, 0.2) is 0 Å². The van der Waals surface area contributed by atoms with Crippen LogP contribution < -0.4 is 0 Å². The average Bonchev–Trinajstić information content (AvgIpc) is 2.82. The lowest BCUT2D eigenvalue weighted by molar-refractivity contribution is 0.109. The van der Waals surface area contributed by atoms with Crippen molar-refractivity contribution in [3.8, 4) is 0 Å². The maximum Gasteiger partial charge on any atom is 0.0113 e. The van der Waals surface area contributed by atoms with Crippen LogP contribution in [-0.2, 0) is 0 Å². The molecule has 2 saturated heterocycles. The van der Waals surface area contributed by atoms with E-state index in [0.29, 0.717) is 0 Å². The molecule has 0 spiro atoms. The molecule has 0 saturated carbocycles. The summed E-state index contributed by atoms with van der Waals surface area (Å²) in [5.41, 5.74) is 0. The fourth-order valence-corrected chi connectivity index (χ4v) is 2.69. The van der Waals surface area contributed by atoms with Crippen LogP contribution in [0, 0.1) is 0 Å². The zero-order valence-electron chi connectivity index (χ0n) is 13.0. The molecule has 2 heterocycles. The number of nitrogens with zero attached hydrogens (tertiary/aromatic N) is 3. The van der Waals surface area contributed by atoms with Gasteiger partial charge in [-0.25, -0.2) is 0 Å². The summed E-state index contributed by atoms with van der Waals surface area (Å²) in [5.74, 6) is 0. The molecular weight excluding hydrogens is 222 g/mol. The quantitative estimate of drug-likeness (QED) is 0.765. The molecule has 18 heavy (non-hydrogen) atoms. The molecule has 0 aromatic carbocycles. The highest BCUT2D eigenvalue weighted by atomic mass is 15.3. The highest BCUT2D eigenvalue weighted by Crippen LogP contribution is 2.05. The topological polar surface area (TPSA) is 9.72 Å². The predicted molar refractivity (Wildman–Crippen MR) is 80.2 cm³/mol. The van der Waals surface area contributed by atoms with Crippen LogP contribution in [-0.4, -0.2) is 73.6 Å². The minimum absolute atomic E-state index is 0.730. The van der Waals surface area contributed by atoms with Gasteiger partial charge < -0.3 is 9.80 Å². The number of likely N-dealkylation sites (tertiary alicyclic amines) is 1. The number of rotatable bonds is 3. The molecular formula is C15H33N3. The van der Waals surface area contributed by atoms with Crippen LogP contribution in [0.3, 0.4) is 0 Å². The van der Waals surface area contributed by atoms with Crippen molar-refractivity contribution in [3.05, 3.63) is 0 Å². The first kappa shape index (κ1) is 15.9. The molecule has 0 amide bonds. The Kier molecular flexibility index (Phi) is 7.87. The Morgan fingerprint density at radius 1 is 0.889 bits per heavy atom. The summed E-state index contributed by atoms with van der Waals surface area (Å²) in [7, 11) is 2.17. The number of piperazine rings is 1. The summed E-state index contributed by atoms with van der Waals surface area (Å²) < 4.78 is 0. The third-order valence-electron chi connectivity index (χ3n) is 4.01. The van der Waals surface area contributed by atoms with Gasteiger partial charge in [-0.1, -0.05) is 6.92 Å². The second-order valence-corrected chi connectivity index (χ2v) is 5.98. The molecule has 3 nitrogen and oxygen atoms in total. The van der Waals surface area contributed by atoms with Crippen molar-refractivity contribution in [3.63, 3.8) is 0 Å². The van der Waals surface area contributed by atoms with Crippen molar-refractivity contribution in [2.24, 2.45) is 0 Å². The highest BCUT2D eigenvalue weighted by Gasteiger charge is 2.17. The standard InChI is InChI=1S/C10H22N2.C5H11N/c1-4-5-11-6-8-12(9-7-11)10(2)3;1-6-4-2-3-5-6/h10H,4-9H2,1-3H3;2-5H2,1H3. The minimum atomic E-state index is 0.730. The molecule has 3 heteroatoms. The lowest BCUT2D eigenvalue weighted by atomic mass is 10.2. The second kappa shape index (κ2) is 8.89. The van der Waals surface area contributed by atoms with Crippen LogP contribution in [0.25, 0.3) is 0 Å². The van der Waals surface area contributed by atoms with Crippen molar-refractivity contribution in [2.45, 2.75) is 46.1 Å². The van der Waals surface area contributed by atoms with Crippen LogP contribution in [0.4, 0.5) is 0 Å². The van der Waals surface area contributed by atoms with Crippen molar-refractivity contribution in [1.82, 2.24) is 14.7 Å². The van der Waals surface area contributed by atoms with Gasteiger partial charge >= 0.3 is 0 Å². The summed E-state index contributed by atoms with van der Waals surface area (Å²) in [4.78, 5) is 7.49. The van der Waals surface area contributed by atoms with Crippen molar-refractivity contribution in [2.75, 3.05) is 52.9 Å². The van der Waals surface area contributed by atoms with E-state index in [1.54, 1.807) is 0 Å². The predicted octanol–water partition coefficient (Wildman–Crippen LogP) is 2.13. The van der Waals surface area contributed by atoms with Gasteiger partial charge in [0.1, 0.15) is 0 Å². The van der Waals surface area contributed by atoms with Gasteiger partial charge in [0, 0.05) is 32.2 Å². The van der Waals surface area contributed by atoms with Crippen molar-refractivity contribution in [1.29, 1.82) is 0 Å². The zero-order valence-corrected chi connectivity index (χ0v) is 13.0. The minimum Gasteiger partial charge on any atom is -0.306 e. The summed E-state index contributed by atoms with van der Waals surface area (Å²) in [5, 5.41) is 0. The number of hydrogen-bond donors (Lipinski definition) is 0. The molecule has 2 rings (SSSR count). The maximum absolute atomic E-state index is 2.57. The Morgan fingerprint density at radius 3 is 1.78 bits per heavy atom. The van der Waals surface area contributed by atoms with Gasteiger partial charge in [0.2, 0.25) is 0 Å². The molecule has 108 valence electrons. The van der Waals surface area contributed by atoms with E-state index in [0.717, 1.165) is 6.04 Å². The van der Waals surface area contributed by atoms with Crippen LogP contribution in [0.5, 0.6) is 0 Å². The summed E-state index contributed by atoms with van der Waals surface area (Å²) in [6.07, 6.45) is 4.12. The fourth-order valence-electron chi connectivity index (χ4n) is 2.69. The van der Waals surface area contributed by atoms with Crippen LogP contribution >= 0.6 is 0 Å². The van der Waals surface area contributed by atoms with Crippen LogP contribution in [0.1, 0.15) is 40.0 Å². The second-order valence-electron chi connectivity index (χ2n) is 5.98. The molecule has 2 aliphatic heterocycles. The lowest BCUT2D eigenvalue weighted by Gasteiger charge is -2.36. The zero-order chi connectivity index (χ0) is 13.4. The molecule has 0 aromatic rings. The monoisotopic (exact) mass is 255 g/mol. The largest absolute Gasteiger partial charge is 0.306 e. The van der Waals surface area contributed by atoms with Gasteiger partial charge in [-0.3, -0.25) is 4.90 Å². The van der Waals surface area contributed by atoms with Gasteiger partial charge in [-0.05, 0) is 59.8 Å². The Bertz CT molecular complexity index is 192. The molecule has 0 bridgehead atoms. The Balaban J connectivity index is 0.000000225. The van der Waals surface area contributed by atoms with E-state index in [1.807, 2.05) is 0 Å². The van der Waals surface area contributed by atoms with Gasteiger partial charge in [-0.2, -0.15) is 0 Å². The van der Waals surface area contributed by atoms with Gasteiger partial charge in [0.25, 0.3) is 0 Å². The first-order valence-electron chi connectivity index (χ1n) is 7.78. The van der Waals surface area contributed by atoms with Gasteiger partial charge in [-0.15, -0.1) is 0 Å². The first-order valence-corrected chi connectivity index (χ1v) is 7.78. The lowest BCUT2D eigenvalue weighted by Crippen LogP contribution is -2.48. The van der Waals surface area contributed by atoms with Crippen molar-refractivity contribution >= 4 is 0 Å². The van der Waals surface area contributed by atoms with Gasteiger partial charge in [0.15, 0.2) is 0 Å². The maximum atomic E-state index is 2.57. The third kappa shape index (κ3) is 6.17. The van der Waals surface area contributed by atoms with E-state index < -0.39 is 0 Å². The molecule has 2 aliphatic rings. The Morgan fingerprint density at radius 2 is 1.44 bits per heavy atom. The Labute approximate surface area is 114 Å². The number of hydrogen-bond acceptors (Lipinski definition) is 3. The van der Waals surface area contributed by atoms with E-state index in [2.05, 4.69) is 42.5 Å². The molecule has 2 fully saturated rings. The molecule has 0 unspecified atom stereocenters. The summed E-state index contributed by atoms with van der Waals surface area (Å²) >= 11 is 0. The van der Waals surface area contributed by atoms with E-state index in [9.17, 15) is 0 Å². The summed E-state index contributed by atoms with van der Waals surface area (Å²) in [6.45, 7) is 15.8. The SMILES string of the molecule is CCCN1CCN(C(C)C)CC1.CN1CCCC1. The first-order chi connectivity index (χ1) is 8.63. The van der Waals surface area contributed by atoms with E-state index in [1.165, 1.54) is 65.1 Å². The Hall–Kier alpha value is -0.120. The normalized spacial score (nSPS) is 23.2. The fraction of sp³-hybridized carbons (Fsp3) is 1.00. The molecule has 0 aromatic heterocycles. The van der Waals surface area contributed by atoms with E-state index >= 15 is 0 Å². The van der Waals surface area contributed by atoms with E-state index in [4.69, 9.17) is 0 Å². The molecule has 0 radical (unpaired) electrons. The van der Waals surface area contributed by atoms with E-state index in [-0.39, 0.29) is 0 Å². The molecule has 0 aliphatic carbocycles. The average molecular weight is 255 g/mol. The van der Waals surface area contributed by atoms with Crippen molar-refractivity contribution < 1.29 is 0 Å². The smallest absolute Gasteiger partial charge is 0.0113 e. The highest BCUT2D eigenvalue weighted by molar-refractivity contribution is 4.73. The third-order valence-corrected chi connectivity index (χ3v) is 4.01. The molecule has 0 N–H and O–H groups in total. The summed E-state index contributed by atoms with van der Waals surface area (Å²) in [6, 6.07) is 0.730. The van der Waals surface area contributed by atoms with Crippen LogP contribution in [0.2, 0.25) is 0 Å². The van der Waals surface area contributed by atoms with Gasteiger partial charge in [0.05, 0.1) is 0 Å². The molecule has 0 atom stereocenters.